The zero-order chi connectivity index (χ0) is 9.98. The first-order valence-corrected chi connectivity index (χ1v) is 4.20. The third kappa shape index (κ3) is 22.9. The molecular weight excluding hydrogens is 154 g/mol. The summed E-state index contributed by atoms with van der Waals surface area (Å²) in [4.78, 5) is 19.4. The summed E-state index contributed by atoms with van der Waals surface area (Å²) in [5.41, 5.74) is 4.84. The van der Waals surface area contributed by atoms with Gasteiger partial charge in [0.2, 0.25) is 12.2 Å². The van der Waals surface area contributed by atoms with Gasteiger partial charge in [-0.3, -0.25) is 9.59 Å². The van der Waals surface area contributed by atoms with Crippen molar-refractivity contribution < 1.29 is 9.59 Å². The lowest BCUT2D eigenvalue weighted by atomic mass is 10.2. The van der Waals surface area contributed by atoms with Crippen LogP contribution >= 0.6 is 0 Å². The highest BCUT2D eigenvalue weighted by molar-refractivity contribution is 5.73. The largest absolute Gasteiger partial charge is 0.370 e. The SMILES string of the molecule is CC(C)[C]=O.CCCCC(N)=O. The van der Waals surface area contributed by atoms with Crippen LogP contribution in [0.5, 0.6) is 0 Å². The van der Waals surface area contributed by atoms with E-state index in [9.17, 15) is 9.59 Å². The first-order valence-electron chi connectivity index (χ1n) is 4.20. The van der Waals surface area contributed by atoms with E-state index in [0.717, 1.165) is 12.8 Å². The van der Waals surface area contributed by atoms with Crippen molar-refractivity contribution in [2.24, 2.45) is 11.7 Å². The summed E-state index contributed by atoms with van der Waals surface area (Å²) in [7, 11) is 0. The minimum absolute atomic E-state index is 0.0787. The molecule has 0 aromatic heterocycles. The molecule has 0 fully saturated rings. The maximum Gasteiger partial charge on any atom is 0.217 e. The normalized spacial score (nSPS) is 8.67. The van der Waals surface area contributed by atoms with Crippen LogP contribution in [0.2, 0.25) is 0 Å². The van der Waals surface area contributed by atoms with E-state index in [-0.39, 0.29) is 11.8 Å². The molecule has 0 aliphatic heterocycles. The lowest BCUT2D eigenvalue weighted by Gasteiger charge is -1.86. The molecular formula is C9H18NO2. The van der Waals surface area contributed by atoms with E-state index in [4.69, 9.17) is 5.73 Å². The van der Waals surface area contributed by atoms with E-state index >= 15 is 0 Å². The van der Waals surface area contributed by atoms with Crippen molar-refractivity contribution in [3.8, 4) is 0 Å². The predicted molar refractivity (Wildman–Crippen MR) is 49.3 cm³/mol. The summed E-state index contributed by atoms with van der Waals surface area (Å²) < 4.78 is 0. The van der Waals surface area contributed by atoms with E-state index in [1.165, 1.54) is 0 Å². The second-order valence-electron chi connectivity index (χ2n) is 2.84. The van der Waals surface area contributed by atoms with Crippen LogP contribution in [0, 0.1) is 5.92 Å². The molecule has 0 aromatic carbocycles. The van der Waals surface area contributed by atoms with E-state index in [0.29, 0.717) is 6.42 Å². The van der Waals surface area contributed by atoms with Crippen LogP contribution in [0.4, 0.5) is 0 Å². The topological polar surface area (TPSA) is 60.2 Å². The van der Waals surface area contributed by atoms with Crippen molar-refractivity contribution in [1.82, 2.24) is 0 Å². The van der Waals surface area contributed by atoms with Crippen molar-refractivity contribution in [3.05, 3.63) is 0 Å². The Labute approximate surface area is 74.3 Å². The molecule has 0 aromatic rings. The second-order valence-corrected chi connectivity index (χ2v) is 2.84. The third-order valence-corrected chi connectivity index (χ3v) is 1.01. The Bertz CT molecular complexity index is 122. The minimum atomic E-state index is -0.193. The molecule has 0 bridgehead atoms. The smallest absolute Gasteiger partial charge is 0.217 e. The molecule has 0 rings (SSSR count). The predicted octanol–water partition coefficient (Wildman–Crippen LogP) is 1.41. The summed E-state index contributed by atoms with van der Waals surface area (Å²) in [5, 5.41) is 0. The summed E-state index contributed by atoms with van der Waals surface area (Å²) >= 11 is 0. The van der Waals surface area contributed by atoms with Crippen molar-refractivity contribution in [2.75, 3.05) is 0 Å². The molecule has 1 amide bonds. The van der Waals surface area contributed by atoms with Crippen LogP contribution in [0.1, 0.15) is 40.0 Å². The van der Waals surface area contributed by atoms with E-state index in [1.807, 2.05) is 6.92 Å². The fourth-order valence-corrected chi connectivity index (χ4v) is 0.351. The number of hydrogen-bond donors (Lipinski definition) is 1. The Balaban J connectivity index is 0. The minimum Gasteiger partial charge on any atom is -0.370 e. The van der Waals surface area contributed by atoms with Gasteiger partial charge in [0.25, 0.3) is 0 Å². The quantitative estimate of drug-likeness (QED) is 0.697. The van der Waals surface area contributed by atoms with Crippen molar-refractivity contribution in [2.45, 2.75) is 40.0 Å². The summed E-state index contributed by atoms with van der Waals surface area (Å²) in [6.07, 6.45) is 4.29. The van der Waals surface area contributed by atoms with E-state index < -0.39 is 0 Å². The molecule has 0 atom stereocenters. The maximum absolute atomic E-state index is 9.98. The molecule has 71 valence electrons. The third-order valence-electron chi connectivity index (χ3n) is 1.01. The lowest BCUT2D eigenvalue weighted by Crippen LogP contribution is -2.09. The number of hydrogen-bond acceptors (Lipinski definition) is 2. The zero-order valence-corrected chi connectivity index (χ0v) is 8.09. The van der Waals surface area contributed by atoms with Gasteiger partial charge in [0.15, 0.2) is 0 Å². The van der Waals surface area contributed by atoms with E-state index in [2.05, 4.69) is 0 Å². The van der Waals surface area contributed by atoms with Gasteiger partial charge in [-0.15, -0.1) is 0 Å². The fraction of sp³-hybridized carbons (Fsp3) is 0.778. The van der Waals surface area contributed by atoms with Gasteiger partial charge in [-0.2, -0.15) is 0 Å². The molecule has 12 heavy (non-hydrogen) atoms. The number of carbonyl (C=O) groups is 1. The molecule has 0 spiro atoms. The fourth-order valence-electron chi connectivity index (χ4n) is 0.351. The summed E-state index contributed by atoms with van der Waals surface area (Å²) in [5.74, 6) is -0.114. The van der Waals surface area contributed by atoms with Crippen LogP contribution in [-0.2, 0) is 9.59 Å². The van der Waals surface area contributed by atoms with Gasteiger partial charge in [-0.25, -0.2) is 0 Å². The van der Waals surface area contributed by atoms with Crippen LogP contribution in [0.25, 0.3) is 0 Å². The van der Waals surface area contributed by atoms with Gasteiger partial charge in [0.1, 0.15) is 0 Å². The molecule has 2 N–H and O–H groups in total. The highest BCUT2D eigenvalue weighted by atomic mass is 16.1. The van der Waals surface area contributed by atoms with Gasteiger partial charge < -0.3 is 5.73 Å². The van der Waals surface area contributed by atoms with Gasteiger partial charge in [0, 0.05) is 12.3 Å². The average molecular weight is 172 g/mol. The van der Waals surface area contributed by atoms with Gasteiger partial charge >= 0.3 is 0 Å². The zero-order valence-electron chi connectivity index (χ0n) is 8.09. The molecule has 0 aliphatic rings. The average Bonchev–Trinajstić information content (AvgIpc) is 2.02. The van der Waals surface area contributed by atoms with Crippen molar-refractivity contribution >= 4 is 12.2 Å². The molecule has 0 saturated heterocycles. The Morgan fingerprint density at radius 1 is 1.50 bits per heavy atom. The number of primary amides is 1. The molecule has 0 aliphatic carbocycles. The highest BCUT2D eigenvalue weighted by Crippen LogP contribution is 1.89. The van der Waals surface area contributed by atoms with Crippen molar-refractivity contribution in [1.29, 1.82) is 0 Å². The van der Waals surface area contributed by atoms with Gasteiger partial charge in [-0.1, -0.05) is 27.2 Å². The first kappa shape index (κ1) is 13.7. The Morgan fingerprint density at radius 3 is 2.00 bits per heavy atom. The monoisotopic (exact) mass is 172 g/mol. The number of carbonyl (C=O) groups excluding carboxylic acids is 2. The van der Waals surface area contributed by atoms with Crippen LogP contribution in [-0.4, -0.2) is 12.2 Å². The molecule has 3 heteroatoms. The van der Waals surface area contributed by atoms with Crippen molar-refractivity contribution in [3.63, 3.8) is 0 Å². The molecule has 1 radical (unpaired) electrons. The molecule has 0 saturated carbocycles. The number of nitrogens with two attached hydrogens (primary N) is 1. The van der Waals surface area contributed by atoms with Crippen LogP contribution in [0.3, 0.4) is 0 Å². The number of rotatable bonds is 4. The molecule has 0 unspecified atom stereocenters. The number of amides is 1. The summed E-state index contributed by atoms with van der Waals surface area (Å²) in [6, 6.07) is 0. The van der Waals surface area contributed by atoms with Crippen LogP contribution in [0.15, 0.2) is 0 Å². The van der Waals surface area contributed by atoms with E-state index in [1.54, 1.807) is 20.1 Å². The molecule has 3 nitrogen and oxygen atoms in total. The molecule has 0 heterocycles. The standard InChI is InChI=1S/C5H11NO.C4H7O/c1-2-3-4-5(6)7;1-4(2)3-5/h2-4H2,1H3,(H2,6,7);4H,1-2H3. The Hall–Kier alpha value is -0.860. The summed E-state index contributed by atoms with van der Waals surface area (Å²) in [6.45, 7) is 5.63. The second kappa shape index (κ2) is 10.1. The first-order chi connectivity index (χ1) is 5.54. The van der Waals surface area contributed by atoms with Crippen LogP contribution < -0.4 is 5.73 Å². The Morgan fingerprint density at radius 2 is 1.92 bits per heavy atom. The maximum atomic E-state index is 9.98. The van der Waals surface area contributed by atoms with Gasteiger partial charge in [-0.05, 0) is 6.42 Å². The van der Waals surface area contributed by atoms with Gasteiger partial charge in [0.05, 0.1) is 0 Å². The lowest BCUT2D eigenvalue weighted by molar-refractivity contribution is -0.118. The number of unbranched alkanes of at least 4 members (excludes halogenated alkanes) is 1. The highest BCUT2D eigenvalue weighted by Gasteiger charge is 1.88. The Kier molecular flexibility index (Phi) is 11.6.